The Bertz CT molecular complexity index is 914. The van der Waals surface area contributed by atoms with E-state index in [0.29, 0.717) is 17.1 Å². The van der Waals surface area contributed by atoms with Crippen molar-refractivity contribution in [2.75, 3.05) is 0 Å². The van der Waals surface area contributed by atoms with Crippen LogP contribution in [0.25, 0.3) is 6.08 Å². The van der Waals surface area contributed by atoms with Crippen molar-refractivity contribution in [3.05, 3.63) is 64.4 Å². The van der Waals surface area contributed by atoms with Gasteiger partial charge in [0.2, 0.25) is 5.78 Å². The van der Waals surface area contributed by atoms with Crippen LogP contribution in [-0.2, 0) is 4.79 Å². The van der Waals surface area contributed by atoms with E-state index in [1.807, 2.05) is 32.0 Å². The van der Waals surface area contributed by atoms with Crippen LogP contribution in [0.4, 0.5) is 0 Å². The van der Waals surface area contributed by atoms with Gasteiger partial charge in [-0.1, -0.05) is 12.1 Å². The van der Waals surface area contributed by atoms with Crippen LogP contribution < -0.4 is 9.47 Å². The standard InChI is InChI=1S/C21H20O5/c1-12-9-14(10-13(2)19(12)26-21(3,4)20(23)24)11-17-18(22)15-7-5-6-8-16(15)25-17/h5-11H,1-4H3,(H,23,24)/b17-11-. The third-order valence-electron chi connectivity index (χ3n) is 4.23. The minimum atomic E-state index is -1.33. The molecule has 0 aromatic heterocycles. The third kappa shape index (κ3) is 3.20. The van der Waals surface area contributed by atoms with Crippen molar-refractivity contribution in [3.63, 3.8) is 0 Å². The molecular weight excluding hydrogens is 332 g/mol. The summed E-state index contributed by atoms with van der Waals surface area (Å²) in [4.78, 5) is 23.7. The number of aryl methyl sites for hydroxylation is 2. The molecule has 0 saturated heterocycles. The van der Waals surface area contributed by atoms with E-state index in [-0.39, 0.29) is 11.5 Å². The highest BCUT2D eigenvalue weighted by atomic mass is 16.5. The van der Waals surface area contributed by atoms with Crippen LogP contribution in [-0.4, -0.2) is 22.5 Å². The molecule has 0 amide bonds. The van der Waals surface area contributed by atoms with Gasteiger partial charge < -0.3 is 14.6 Å². The number of rotatable bonds is 4. The number of carbonyl (C=O) groups is 2. The lowest BCUT2D eigenvalue weighted by molar-refractivity contribution is -0.152. The summed E-state index contributed by atoms with van der Waals surface area (Å²) < 4.78 is 11.4. The molecule has 1 aliphatic rings. The van der Waals surface area contributed by atoms with Crippen molar-refractivity contribution in [1.82, 2.24) is 0 Å². The predicted octanol–water partition coefficient (Wildman–Crippen LogP) is 4.16. The maximum absolute atomic E-state index is 12.4. The van der Waals surface area contributed by atoms with E-state index in [0.717, 1.165) is 16.7 Å². The summed E-state index contributed by atoms with van der Waals surface area (Å²) >= 11 is 0. The van der Waals surface area contributed by atoms with Crippen molar-refractivity contribution < 1.29 is 24.2 Å². The van der Waals surface area contributed by atoms with Crippen LogP contribution in [0.3, 0.4) is 0 Å². The fourth-order valence-electron chi connectivity index (χ4n) is 2.81. The Morgan fingerprint density at radius 2 is 1.77 bits per heavy atom. The second-order valence-electron chi connectivity index (χ2n) is 6.84. The van der Waals surface area contributed by atoms with E-state index < -0.39 is 11.6 Å². The predicted molar refractivity (Wildman–Crippen MR) is 97.6 cm³/mol. The van der Waals surface area contributed by atoms with E-state index in [1.54, 1.807) is 24.3 Å². The molecule has 1 heterocycles. The molecule has 0 fully saturated rings. The van der Waals surface area contributed by atoms with Gasteiger partial charge in [0.15, 0.2) is 11.4 Å². The molecule has 134 valence electrons. The average Bonchev–Trinajstić information content (AvgIpc) is 2.87. The van der Waals surface area contributed by atoms with Gasteiger partial charge in [-0.2, -0.15) is 0 Å². The Balaban J connectivity index is 1.92. The van der Waals surface area contributed by atoms with Crippen molar-refractivity contribution in [3.8, 4) is 11.5 Å². The van der Waals surface area contributed by atoms with Crippen LogP contribution in [0.1, 0.15) is 40.9 Å². The number of ether oxygens (including phenoxy) is 2. The fraction of sp³-hybridized carbons (Fsp3) is 0.238. The van der Waals surface area contributed by atoms with E-state index in [9.17, 15) is 14.7 Å². The first-order valence-electron chi connectivity index (χ1n) is 8.26. The molecule has 2 aromatic rings. The van der Waals surface area contributed by atoms with E-state index in [4.69, 9.17) is 9.47 Å². The minimum Gasteiger partial charge on any atom is -0.478 e. The zero-order chi connectivity index (χ0) is 19.1. The molecule has 26 heavy (non-hydrogen) atoms. The first-order valence-corrected chi connectivity index (χ1v) is 8.26. The molecule has 5 nitrogen and oxygen atoms in total. The number of carbonyl (C=O) groups excluding carboxylic acids is 1. The largest absolute Gasteiger partial charge is 0.478 e. The monoisotopic (exact) mass is 352 g/mol. The maximum atomic E-state index is 12.4. The molecule has 2 aromatic carbocycles. The van der Waals surface area contributed by atoms with E-state index >= 15 is 0 Å². The van der Waals surface area contributed by atoms with Gasteiger partial charge in [-0.3, -0.25) is 4.79 Å². The lowest BCUT2D eigenvalue weighted by Gasteiger charge is -2.24. The first kappa shape index (κ1) is 17.7. The van der Waals surface area contributed by atoms with Crippen LogP contribution in [0.5, 0.6) is 11.5 Å². The van der Waals surface area contributed by atoms with E-state index in [1.165, 1.54) is 13.8 Å². The van der Waals surface area contributed by atoms with Crippen molar-refractivity contribution in [1.29, 1.82) is 0 Å². The number of carboxylic acid groups (broad SMARTS) is 1. The van der Waals surface area contributed by atoms with E-state index in [2.05, 4.69) is 0 Å². The van der Waals surface area contributed by atoms with Crippen LogP contribution in [0, 0.1) is 13.8 Å². The number of Topliss-reactive ketones (excluding diaryl/α,β-unsaturated/α-hetero) is 1. The highest BCUT2D eigenvalue weighted by molar-refractivity contribution is 6.14. The third-order valence-corrected chi connectivity index (χ3v) is 4.23. The lowest BCUT2D eigenvalue weighted by Crippen LogP contribution is -2.38. The summed E-state index contributed by atoms with van der Waals surface area (Å²) in [6.07, 6.45) is 1.69. The number of fused-ring (bicyclic) bond motifs is 1. The second-order valence-corrected chi connectivity index (χ2v) is 6.84. The number of aliphatic carboxylic acids is 1. The Hall–Kier alpha value is -3.08. The molecule has 0 aliphatic carbocycles. The van der Waals surface area contributed by atoms with Gasteiger partial charge in [-0.15, -0.1) is 0 Å². The Morgan fingerprint density at radius 3 is 2.35 bits per heavy atom. The molecule has 0 bridgehead atoms. The van der Waals surface area contributed by atoms with Gasteiger partial charge in [0.05, 0.1) is 5.56 Å². The number of ketones is 1. The second kappa shape index (κ2) is 6.33. The summed E-state index contributed by atoms with van der Waals surface area (Å²) in [5.74, 6) is 0.167. The molecule has 0 atom stereocenters. The summed E-state index contributed by atoms with van der Waals surface area (Å²) in [7, 11) is 0. The summed E-state index contributed by atoms with van der Waals surface area (Å²) in [5.41, 5.74) is 1.58. The van der Waals surface area contributed by atoms with Gasteiger partial charge in [0, 0.05) is 0 Å². The molecule has 0 saturated carbocycles. The summed E-state index contributed by atoms with van der Waals surface area (Å²) in [6.45, 7) is 6.70. The average molecular weight is 352 g/mol. The van der Waals surface area contributed by atoms with Gasteiger partial charge in [-0.05, 0) is 74.7 Å². The summed E-state index contributed by atoms with van der Waals surface area (Å²) in [6, 6.07) is 10.8. The Morgan fingerprint density at radius 1 is 1.15 bits per heavy atom. The highest BCUT2D eigenvalue weighted by Gasteiger charge is 2.31. The minimum absolute atomic E-state index is 0.150. The molecule has 3 rings (SSSR count). The van der Waals surface area contributed by atoms with Gasteiger partial charge in [0.1, 0.15) is 11.5 Å². The number of carboxylic acids is 1. The molecule has 1 N–H and O–H groups in total. The molecule has 0 radical (unpaired) electrons. The molecule has 0 unspecified atom stereocenters. The topological polar surface area (TPSA) is 72.8 Å². The number of para-hydroxylation sites is 1. The molecular formula is C21H20O5. The van der Waals surface area contributed by atoms with Crippen molar-refractivity contribution in [2.45, 2.75) is 33.3 Å². The van der Waals surface area contributed by atoms with Crippen LogP contribution >= 0.6 is 0 Å². The molecule has 5 heteroatoms. The quantitative estimate of drug-likeness (QED) is 0.837. The zero-order valence-electron chi connectivity index (χ0n) is 15.1. The van der Waals surface area contributed by atoms with Crippen LogP contribution in [0.2, 0.25) is 0 Å². The van der Waals surface area contributed by atoms with Gasteiger partial charge in [-0.25, -0.2) is 4.79 Å². The van der Waals surface area contributed by atoms with Gasteiger partial charge in [0.25, 0.3) is 0 Å². The number of hydrogen-bond donors (Lipinski definition) is 1. The smallest absolute Gasteiger partial charge is 0.347 e. The van der Waals surface area contributed by atoms with Crippen LogP contribution in [0.15, 0.2) is 42.2 Å². The Kier molecular flexibility index (Phi) is 4.32. The fourth-order valence-corrected chi connectivity index (χ4v) is 2.81. The van der Waals surface area contributed by atoms with Crippen molar-refractivity contribution >= 4 is 17.8 Å². The summed E-state index contributed by atoms with van der Waals surface area (Å²) in [5, 5.41) is 9.26. The SMILES string of the molecule is Cc1cc(/C=C2\Oc3ccccc3C2=O)cc(C)c1OC(C)(C)C(=O)O. The maximum Gasteiger partial charge on any atom is 0.347 e. The molecule has 1 aliphatic heterocycles. The number of allylic oxidation sites excluding steroid dienone is 1. The lowest BCUT2D eigenvalue weighted by atomic mass is 10.0. The first-order chi connectivity index (χ1) is 12.2. The zero-order valence-corrected chi connectivity index (χ0v) is 15.1. The van der Waals surface area contributed by atoms with Gasteiger partial charge >= 0.3 is 5.97 Å². The number of hydrogen-bond acceptors (Lipinski definition) is 4. The molecule has 0 spiro atoms. The highest BCUT2D eigenvalue weighted by Crippen LogP contribution is 2.33. The van der Waals surface area contributed by atoms with Crippen molar-refractivity contribution in [2.24, 2.45) is 0 Å². The normalized spacial score (nSPS) is 14.9. The number of benzene rings is 2. The Labute approximate surface area is 151 Å².